The van der Waals surface area contributed by atoms with Gasteiger partial charge in [0.05, 0.1) is 31.3 Å². The maximum Gasteiger partial charge on any atom is 0.312 e. The van der Waals surface area contributed by atoms with E-state index in [4.69, 9.17) is 9.47 Å². The maximum atomic E-state index is 14.8. The molecule has 0 radical (unpaired) electrons. The molecule has 1 spiro atoms. The van der Waals surface area contributed by atoms with E-state index in [0.29, 0.717) is 24.1 Å². The SMILES string of the molecule is CCN(CC)c1ccc(N2CC=C[C@]34O[C@H]5/C=C\CCCOC(=O)[C@H]5[C@H]3C(=O)N([C@H](CO)c3ccccc3)C4C2=O)cc1. The summed E-state index contributed by atoms with van der Waals surface area (Å²) >= 11 is 0. The fourth-order valence-electron chi connectivity index (χ4n) is 7.22. The summed E-state index contributed by atoms with van der Waals surface area (Å²) in [6.45, 7) is 6.05. The molecule has 9 nitrogen and oxygen atoms in total. The molecule has 0 aliphatic carbocycles. The lowest BCUT2D eigenvalue weighted by Crippen LogP contribution is -2.56. The first-order valence-corrected chi connectivity index (χ1v) is 15.3. The number of aliphatic hydroxyl groups excluding tert-OH is 1. The number of nitrogens with zero attached hydrogens (tertiary/aromatic N) is 3. The van der Waals surface area contributed by atoms with Gasteiger partial charge in [0.1, 0.15) is 17.6 Å². The van der Waals surface area contributed by atoms with Gasteiger partial charge < -0.3 is 29.3 Å². The number of likely N-dealkylation sites (tertiary alicyclic amines) is 1. The van der Waals surface area contributed by atoms with Gasteiger partial charge in [-0.05, 0) is 56.5 Å². The van der Waals surface area contributed by atoms with Crippen LogP contribution in [0.4, 0.5) is 11.4 Å². The average molecular weight is 586 g/mol. The molecule has 43 heavy (non-hydrogen) atoms. The third-order valence-electron chi connectivity index (χ3n) is 9.27. The summed E-state index contributed by atoms with van der Waals surface area (Å²) in [5, 5.41) is 10.7. The minimum Gasteiger partial charge on any atom is -0.465 e. The Morgan fingerprint density at radius 3 is 2.44 bits per heavy atom. The topological polar surface area (TPSA) is 99.6 Å². The predicted molar refractivity (Wildman–Crippen MR) is 162 cm³/mol. The van der Waals surface area contributed by atoms with Gasteiger partial charge in [-0.2, -0.15) is 0 Å². The first-order valence-electron chi connectivity index (χ1n) is 15.3. The van der Waals surface area contributed by atoms with Crippen LogP contribution in [0, 0.1) is 11.8 Å². The number of carbonyl (C=O) groups is 3. The second kappa shape index (κ2) is 12.0. The molecule has 4 aliphatic rings. The van der Waals surface area contributed by atoms with Crippen molar-refractivity contribution in [3.63, 3.8) is 0 Å². The summed E-state index contributed by atoms with van der Waals surface area (Å²) in [6, 6.07) is 15.1. The highest BCUT2D eigenvalue weighted by Gasteiger charge is 2.72. The molecule has 6 rings (SSSR count). The fraction of sp³-hybridized carbons (Fsp3) is 0.441. The quantitative estimate of drug-likeness (QED) is 0.391. The molecule has 1 N–H and O–H groups in total. The zero-order valence-electron chi connectivity index (χ0n) is 24.7. The lowest BCUT2D eigenvalue weighted by molar-refractivity contribution is -0.155. The van der Waals surface area contributed by atoms with Crippen LogP contribution in [0.15, 0.2) is 78.9 Å². The van der Waals surface area contributed by atoms with Crippen molar-refractivity contribution in [3.8, 4) is 0 Å². The van der Waals surface area contributed by atoms with Crippen molar-refractivity contribution < 1.29 is 29.0 Å². The normalized spacial score (nSPS) is 29.9. The summed E-state index contributed by atoms with van der Waals surface area (Å²) in [4.78, 5) is 48.2. The van der Waals surface area contributed by atoms with E-state index < -0.39 is 54.1 Å². The maximum absolute atomic E-state index is 14.8. The number of benzene rings is 2. The highest BCUT2D eigenvalue weighted by atomic mass is 16.6. The van der Waals surface area contributed by atoms with Gasteiger partial charge in [0.25, 0.3) is 5.91 Å². The van der Waals surface area contributed by atoms with Crippen molar-refractivity contribution >= 4 is 29.2 Å². The minimum atomic E-state index is -1.41. The molecule has 4 heterocycles. The molecule has 2 amide bonds. The van der Waals surface area contributed by atoms with Crippen LogP contribution in [-0.4, -0.2) is 78.4 Å². The lowest BCUT2D eigenvalue weighted by Gasteiger charge is -2.38. The highest BCUT2D eigenvalue weighted by molar-refractivity contribution is 6.05. The predicted octanol–water partition coefficient (Wildman–Crippen LogP) is 3.64. The van der Waals surface area contributed by atoms with E-state index in [1.165, 1.54) is 4.90 Å². The van der Waals surface area contributed by atoms with E-state index in [1.807, 2.05) is 78.9 Å². The molecule has 2 saturated heterocycles. The second-order valence-corrected chi connectivity index (χ2v) is 11.5. The minimum absolute atomic E-state index is 0.253. The van der Waals surface area contributed by atoms with Gasteiger partial charge >= 0.3 is 5.97 Å². The third-order valence-corrected chi connectivity index (χ3v) is 9.27. The molecule has 9 heteroatoms. The molecule has 2 fully saturated rings. The van der Waals surface area contributed by atoms with Crippen LogP contribution in [0.1, 0.15) is 38.3 Å². The van der Waals surface area contributed by atoms with Gasteiger partial charge in [0, 0.05) is 31.0 Å². The number of anilines is 2. The number of ether oxygens (including phenoxy) is 2. The smallest absolute Gasteiger partial charge is 0.312 e. The molecule has 2 aromatic carbocycles. The molecule has 0 bridgehead atoms. The summed E-state index contributed by atoms with van der Waals surface area (Å²) in [6.07, 6.45) is 8.15. The van der Waals surface area contributed by atoms with Crippen LogP contribution in [0.2, 0.25) is 0 Å². The number of carbonyl (C=O) groups excluding carboxylic acids is 3. The number of cyclic esters (lactones) is 1. The van der Waals surface area contributed by atoms with E-state index >= 15 is 0 Å². The number of rotatable bonds is 7. The average Bonchev–Trinajstić information content (AvgIpc) is 3.44. The van der Waals surface area contributed by atoms with Crippen LogP contribution in [-0.2, 0) is 23.9 Å². The summed E-state index contributed by atoms with van der Waals surface area (Å²) in [7, 11) is 0. The van der Waals surface area contributed by atoms with Gasteiger partial charge in [-0.3, -0.25) is 14.4 Å². The van der Waals surface area contributed by atoms with Crippen LogP contribution in [0.5, 0.6) is 0 Å². The first kappa shape index (κ1) is 29.1. The monoisotopic (exact) mass is 585 g/mol. The van der Waals surface area contributed by atoms with Crippen LogP contribution in [0.3, 0.4) is 0 Å². The number of amides is 2. The van der Waals surface area contributed by atoms with E-state index in [0.717, 1.165) is 18.8 Å². The zero-order valence-corrected chi connectivity index (χ0v) is 24.7. The van der Waals surface area contributed by atoms with E-state index in [-0.39, 0.29) is 19.1 Å². The number of hydrogen-bond donors (Lipinski definition) is 1. The number of esters is 1. The molecule has 2 aromatic rings. The van der Waals surface area contributed by atoms with Crippen LogP contribution >= 0.6 is 0 Å². The molecule has 4 aliphatic heterocycles. The second-order valence-electron chi connectivity index (χ2n) is 11.5. The molecular formula is C34H39N3O6. The summed E-state index contributed by atoms with van der Waals surface area (Å²) < 4.78 is 12.3. The Balaban J connectivity index is 1.46. The molecule has 1 unspecified atom stereocenters. The third kappa shape index (κ3) is 4.84. The molecular weight excluding hydrogens is 546 g/mol. The Morgan fingerprint density at radius 2 is 1.74 bits per heavy atom. The Bertz CT molecular complexity index is 1400. The first-order chi connectivity index (χ1) is 20.9. The highest BCUT2D eigenvalue weighted by Crippen LogP contribution is 2.55. The lowest BCUT2D eigenvalue weighted by atomic mass is 9.78. The summed E-state index contributed by atoms with van der Waals surface area (Å²) in [5.74, 6) is -3.12. The Morgan fingerprint density at radius 1 is 1.00 bits per heavy atom. The van der Waals surface area contributed by atoms with E-state index in [1.54, 1.807) is 4.90 Å². The van der Waals surface area contributed by atoms with Gasteiger partial charge in [-0.25, -0.2) is 0 Å². The van der Waals surface area contributed by atoms with Crippen LogP contribution < -0.4 is 9.80 Å². The van der Waals surface area contributed by atoms with Crippen molar-refractivity contribution in [2.24, 2.45) is 11.8 Å². The standard InChI is InChI=1S/C34H39N3O6/c1-3-35(4-2)24-15-17-25(18-16-24)36-20-11-19-34-29(28-27(43-34)14-9-6-10-21-42-33(28)41)31(39)37(30(34)32(36)40)26(22-38)23-12-7-5-8-13-23/h5,7-9,11-19,26-30,38H,3-4,6,10,20-22H2,1-2H3/b14-9-/t26-,27+,28-,29+,30?,34+/m1/s1. The molecule has 0 aromatic heterocycles. The molecule has 226 valence electrons. The molecule has 0 saturated carbocycles. The van der Waals surface area contributed by atoms with Crippen molar-refractivity contribution in [2.45, 2.75) is 50.5 Å². The van der Waals surface area contributed by atoms with Crippen molar-refractivity contribution in [1.29, 1.82) is 0 Å². The number of fused-ring (bicyclic) bond motifs is 2. The van der Waals surface area contributed by atoms with Gasteiger partial charge in [-0.1, -0.05) is 54.6 Å². The van der Waals surface area contributed by atoms with Crippen LogP contribution in [0.25, 0.3) is 0 Å². The van der Waals surface area contributed by atoms with Crippen molar-refractivity contribution in [2.75, 3.05) is 42.6 Å². The van der Waals surface area contributed by atoms with Gasteiger partial charge in [0.15, 0.2) is 0 Å². The Kier molecular flexibility index (Phi) is 8.11. The Hall–Kier alpha value is -3.95. The number of hydrogen-bond acceptors (Lipinski definition) is 7. The van der Waals surface area contributed by atoms with E-state index in [9.17, 15) is 19.5 Å². The molecule has 6 atom stereocenters. The Labute approximate surface area is 252 Å². The number of aliphatic hydroxyl groups is 1. The number of allylic oxidation sites excluding steroid dienone is 1. The van der Waals surface area contributed by atoms with E-state index in [2.05, 4.69) is 18.7 Å². The van der Waals surface area contributed by atoms with Crippen molar-refractivity contribution in [3.05, 3.63) is 84.5 Å². The summed E-state index contributed by atoms with van der Waals surface area (Å²) in [5.41, 5.74) is 1.03. The van der Waals surface area contributed by atoms with Gasteiger partial charge in [0.2, 0.25) is 5.91 Å². The van der Waals surface area contributed by atoms with Crippen molar-refractivity contribution in [1.82, 2.24) is 4.90 Å². The fourth-order valence-corrected chi connectivity index (χ4v) is 7.22. The zero-order chi connectivity index (χ0) is 30.1. The van der Waals surface area contributed by atoms with Gasteiger partial charge in [-0.15, -0.1) is 0 Å². The largest absolute Gasteiger partial charge is 0.465 e.